The van der Waals surface area contributed by atoms with Crippen LogP contribution in [0.15, 0.2) is 0 Å². The fourth-order valence-corrected chi connectivity index (χ4v) is 0.477. The first-order valence-electron chi connectivity index (χ1n) is 3.26. The zero-order valence-corrected chi connectivity index (χ0v) is 5.58. The second-order valence-electron chi connectivity index (χ2n) is 1.83. The molecule has 0 aliphatic heterocycles. The summed E-state index contributed by atoms with van der Waals surface area (Å²) in [5.41, 5.74) is 0. The van der Waals surface area contributed by atoms with Gasteiger partial charge in [0.1, 0.15) is 0 Å². The normalized spacial score (nSPS) is 10.0. The average Bonchev–Trinajstić information content (AvgIpc) is 1.89. The molecule has 0 spiro atoms. The first-order chi connectivity index (χ1) is 4.41. The lowest BCUT2D eigenvalue weighted by atomic mass is 10.4. The third-order valence-electron chi connectivity index (χ3n) is 0.949. The number of aliphatic hydroxyl groups is 2. The number of nitrogens with zero attached hydrogens (tertiary/aromatic N) is 1. The molecule has 0 unspecified atom stereocenters. The minimum Gasteiger partial charge on any atom is -0.396 e. The van der Waals surface area contributed by atoms with E-state index in [4.69, 9.17) is 10.2 Å². The molecule has 0 aliphatic rings. The highest BCUT2D eigenvalue weighted by atomic mass is 16.3. The van der Waals surface area contributed by atoms with Crippen molar-refractivity contribution in [3.05, 3.63) is 0 Å². The Balaban J connectivity index is 2.60. The van der Waals surface area contributed by atoms with Gasteiger partial charge in [0.15, 0.2) is 13.1 Å². The summed E-state index contributed by atoms with van der Waals surface area (Å²) in [6.45, 7) is 1.86. The molecule has 0 bridgehead atoms. The van der Waals surface area contributed by atoms with E-state index in [0.717, 1.165) is 25.9 Å². The van der Waals surface area contributed by atoms with Crippen LogP contribution in [0.25, 0.3) is 0 Å². The zero-order valence-electron chi connectivity index (χ0n) is 5.58. The molecule has 0 aromatic heterocycles. The fourth-order valence-electron chi connectivity index (χ4n) is 0.477. The van der Waals surface area contributed by atoms with Gasteiger partial charge in [-0.25, -0.2) is 0 Å². The topological polar surface area (TPSA) is 54.6 Å². The molecule has 54 valence electrons. The molecule has 0 fully saturated rings. The molecule has 0 saturated heterocycles. The summed E-state index contributed by atoms with van der Waals surface area (Å²) in [4.78, 5) is 0. The molecule has 0 amide bonds. The number of aliphatic hydroxyl groups excluding tert-OH is 2. The van der Waals surface area contributed by atoms with E-state index in [9.17, 15) is 0 Å². The van der Waals surface area contributed by atoms with Crippen LogP contribution in [0.3, 0.4) is 0 Å². The summed E-state index contributed by atoms with van der Waals surface area (Å²) in [6.07, 6.45) is 1.48. The summed E-state index contributed by atoms with van der Waals surface area (Å²) in [5.74, 6) is 0. The molecule has 0 aromatic carbocycles. The molecule has 3 heteroatoms. The van der Waals surface area contributed by atoms with Crippen LogP contribution in [-0.2, 0) is 0 Å². The first-order valence-corrected chi connectivity index (χ1v) is 3.26. The van der Waals surface area contributed by atoms with Crippen molar-refractivity contribution >= 4 is 0 Å². The van der Waals surface area contributed by atoms with Crippen LogP contribution in [0.1, 0.15) is 12.8 Å². The van der Waals surface area contributed by atoms with E-state index < -0.39 is 0 Å². The van der Waals surface area contributed by atoms with Crippen molar-refractivity contribution in [2.24, 2.45) is 0 Å². The third-order valence-corrected chi connectivity index (χ3v) is 0.949. The van der Waals surface area contributed by atoms with Gasteiger partial charge >= 0.3 is 0 Å². The smallest absolute Gasteiger partial charge is 0.186 e. The lowest BCUT2D eigenvalue weighted by molar-refractivity contribution is 0.275. The molecule has 0 heterocycles. The van der Waals surface area contributed by atoms with E-state index in [-0.39, 0.29) is 13.2 Å². The monoisotopic (exact) mass is 132 g/mol. The molecule has 2 N–H and O–H groups in total. The van der Waals surface area contributed by atoms with Gasteiger partial charge in [0.05, 0.1) is 5.32 Å². The Morgan fingerprint density at radius 3 is 1.67 bits per heavy atom. The zero-order chi connectivity index (χ0) is 6.95. The predicted octanol–water partition coefficient (Wildman–Crippen LogP) is -0.644. The summed E-state index contributed by atoms with van der Waals surface area (Å²) < 4.78 is 0. The van der Waals surface area contributed by atoms with Gasteiger partial charge in [-0.1, -0.05) is 0 Å². The highest BCUT2D eigenvalue weighted by Crippen LogP contribution is 1.76. The van der Waals surface area contributed by atoms with Gasteiger partial charge in [-0.05, 0) is 0 Å². The van der Waals surface area contributed by atoms with E-state index in [2.05, 4.69) is 5.32 Å². The molecular weight excluding hydrogens is 118 g/mol. The van der Waals surface area contributed by atoms with Gasteiger partial charge in [0.25, 0.3) is 0 Å². The minimum absolute atomic E-state index is 0.211. The molecule has 0 aromatic rings. The number of rotatable bonds is 6. The SMILES string of the molecule is OCCC[N+]CCCO. The van der Waals surface area contributed by atoms with E-state index in [1.54, 1.807) is 0 Å². The molecule has 0 atom stereocenters. The van der Waals surface area contributed by atoms with Crippen molar-refractivity contribution in [2.75, 3.05) is 26.3 Å². The minimum atomic E-state index is 0.211. The maximum atomic E-state index is 8.31. The Kier molecular flexibility index (Phi) is 7.77. The Labute approximate surface area is 55.7 Å². The van der Waals surface area contributed by atoms with Crippen molar-refractivity contribution < 1.29 is 10.2 Å². The Morgan fingerprint density at radius 1 is 0.889 bits per heavy atom. The molecule has 0 aliphatic carbocycles. The summed E-state index contributed by atoms with van der Waals surface area (Å²) >= 11 is 0. The van der Waals surface area contributed by atoms with E-state index in [1.165, 1.54) is 0 Å². The number of hydrogen-bond acceptors (Lipinski definition) is 2. The fraction of sp³-hybridized carbons (Fsp3) is 1.00. The lowest BCUT2D eigenvalue weighted by Crippen LogP contribution is -2.10. The van der Waals surface area contributed by atoms with Crippen molar-refractivity contribution in [1.82, 2.24) is 5.32 Å². The summed E-state index contributed by atoms with van der Waals surface area (Å²) in [6, 6.07) is 0. The van der Waals surface area contributed by atoms with Crippen molar-refractivity contribution in [3.8, 4) is 0 Å². The van der Waals surface area contributed by atoms with E-state index in [1.807, 2.05) is 0 Å². The third kappa shape index (κ3) is 7.88. The van der Waals surface area contributed by atoms with Crippen molar-refractivity contribution in [2.45, 2.75) is 12.8 Å². The standard InChI is InChI=1S/C6H14NO2/c8-5-1-3-7-4-2-6-9/h8-9H,1-6H2/q+1. The second kappa shape index (κ2) is 7.88. The quantitative estimate of drug-likeness (QED) is 0.472. The van der Waals surface area contributed by atoms with Crippen LogP contribution >= 0.6 is 0 Å². The molecule has 2 radical (unpaired) electrons. The van der Waals surface area contributed by atoms with Crippen LogP contribution in [-0.4, -0.2) is 36.5 Å². The largest absolute Gasteiger partial charge is 0.396 e. The van der Waals surface area contributed by atoms with Crippen LogP contribution < -0.4 is 5.32 Å². The van der Waals surface area contributed by atoms with Gasteiger partial charge in [0, 0.05) is 26.1 Å². The average molecular weight is 132 g/mol. The molecule has 3 nitrogen and oxygen atoms in total. The Bertz CT molecular complexity index is 44.3. The maximum absolute atomic E-state index is 8.31. The molecule has 0 saturated carbocycles. The maximum Gasteiger partial charge on any atom is 0.186 e. The lowest BCUT2D eigenvalue weighted by Gasteiger charge is -1.84. The second-order valence-corrected chi connectivity index (χ2v) is 1.83. The Morgan fingerprint density at radius 2 is 1.33 bits per heavy atom. The number of hydrogen-bond donors (Lipinski definition) is 2. The van der Waals surface area contributed by atoms with Crippen molar-refractivity contribution in [1.29, 1.82) is 0 Å². The molecular formula is C6H14NO2+. The van der Waals surface area contributed by atoms with Gasteiger partial charge < -0.3 is 10.2 Å². The Hall–Kier alpha value is -0.120. The summed E-state index contributed by atoms with van der Waals surface area (Å²) in [5, 5.41) is 20.7. The molecule has 0 rings (SSSR count). The van der Waals surface area contributed by atoms with Crippen LogP contribution in [0.4, 0.5) is 0 Å². The van der Waals surface area contributed by atoms with Gasteiger partial charge in [-0.15, -0.1) is 0 Å². The summed E-state index contributed by atoms with van der Waals surface area (Å²) in [7, 11) is 0. The predicted molar refractivity (Wildman–Crippen MR) is 35.3 cm³/mol. The van der Waals surface area contributed by atoms with Gasteiger partial charge in [0.2, 0.25) is 0 Å². The van der Waals surface area contributed by atoms with Gasteiger partial charge in [-0.3, -0.25) is 0 Å². The van der Waals surface area contributed by atoms with Gasteiger partial charge in [-0.2, -0.15) is 0 Å². The molecule has 9 heavy (non-hydrogen) atoms. The van der Waals surface area contributed by atoms with Crippen LogP contribution in [0, 0.1) is 0 Å². The first kappa shape index (κ1) is 8.88. The highest BCUT2D eigenvalue weighted by Gasteiger charge is 1.99. The van der Waals surface area contributed by atoms with E-state index >= 15 is 0 Å². The van der Waals surface area contributed by atoms with Crippen molar-refractivity contribution in [3.63, 3.8) is 0 Å². The van der Waals surface area contributed by atoms with E-state index in [0.29, 0.717) is 0 Å². The van der Waals surface area contributed by atoms with Crippen LogP contribution in [0.5, 0.6) is 0 Å². The van der Waals surface area contributed by atoms with Crippen LogP contribution in [0.2, 0.25) is 0 Å². The highest BCUT2D eigenvalue weighted by molar-refractivity contribution is 4.44.